The second-order valence-electron chi connectivity index (χ2n) is 2.42. The zero-order valence-corrected chi connectivity index (χ0v) is 7.59. The van der Waals surface area contributed by atoms with Crippen LogP contribution in [-0.2, 0) is 0 Å². The van der Waals surface area contributed by atoms with Crippen LogP contribution in [-0.4, -0.2) is 30.4 Å². The number of amides is 2. The topological polar surface area (TPSA) is 44.7 Å². The summed E-state index contributed by atoms with van der Waals surface area (Å²) in [6.45, 7) is 4.50. The van der Waals surface area contributed by atoms with Crippen LogP contribution < -0.4 is 5.32 Å². The first kappa shape index (κ1) is 8.77. The molecule has 4 nitrogen and oxygen atoms in total. The van der Waals surface area contributed by atoms with Crippen molar-refractivity contribution >= 4 is 11.9 Å². The van der Waals surface area contributed by atoms with Crippen molar-refractivity contribution in [3.05, 3.63) is 11.8 Å². The van der Waals surface area contributed by atoms with Gasteiger partial charge >= 0.3 is 6.03 Å². The van der Waals surface area contributed by atoms with E-state index < -0.39 is 0 Å². The first-order chi connectivity index (χ1) is 5.74. The number of likely N-dealkylation sites (N-methyl/N-ethyl adjacent to an activating group) is 1. The van der Waals surface area contributed by atoms with Crippen molar-refractivity contribution < 1.29 is 4.79 Å². The predicted molar refractivity (Wildman–Crippen MR) is 48.0 cm³/mol. The second kappa shape index (κ2) is 3.38. The van der Waals surface area contributed by atoms with E-state index in [4.69, 9.17) is 0 Å². The third kappa shape index (κ3) is 1.20. The van der Waals surface area contributed by atoms with Crippen LogP contribution in [0.25, 0.3) is 0 Å². The number of rotatable bonds is 1. The summed E-state index contributed by atoms with van der Waals surface area (Å²) < 4.78 is 0. The third-order valence-corrected chi connectivity index (χ3v) is 1.82. The van der Waals surface area contributed by atoms with Gasteiger partial charge in [0.25, 0.3) is 0 Å². The number of hydrogen-bond donors (Lipinski definition) is 1. The van der Waals surface area contributed by atoms with E-state index in [0.29, 0.717) is 12.4 Å². The molecule has 0 aromatic rings. The summed E-state index contributed by atoms with van der Waals surface area (Å²) in [7, 11) is 1.66. The number of aliphatic imine (C=N–C) groups is 1. The Morgan fingerprint density at radius 3 is 2.75 bits per heavy atom. The zero-order valence-electron chi connectivity index (χ0n) is 7.59. The van der Waals surface area contributed by atoms with Gasteiger partial charge in [0.1, 0.15) is 0 Å². The van der Waals surface area contributed by atoms with Crippen molar-refractivity contribution in [3.8, 4) is 0 Å². The van der Waals surface area contributed by atoms with Crippen molar-refractivity contribution in [3.63, 3.8) is 0 Å². The molecule has 0 unspecified atom stereocenters. The summed E-state index contributed by atoms with van der Waals surface area (Å²) in [4.78, 5) is 16.9. The van der Waals surface area contributed by atoms with Gasteiger partial charge in [-0.3, -0.25) is 15.2 Å². The first-order valence-electron chi connectivity index (χ1n) is 3.96. The summed E-state index contributed by atoms with van der Waals surface area (Å²) in [6.07, 6.45) is 1.88. The fourth-order valence-corrected chi connectivity index (χ4v) is 1.25. The molecule has 1 aliphatic heterocycles. The van der Waals surface area contributed by atoms with E-state index in [1.165, 1.54) is 0 Å². The van der Waals surface area contributed by atoms with Crippen molar-refractivity contribution in [1.82, 2.24) is 10.2 Å². The van der Waals surface area contributed by atoms with E-state index in [-0.39, 0.29) is 6.03 Å². The zero-order chi connectivity index (χ0) is 9.14. The minimum atomic E-state index is -0.0915. The lowest BCUT2D eigenvalue weighted by atomic mass is 10.3. The molecule has 0 bridgehead atoms. The number of hydrogen-bond acceptors (Lipinski definition) is 2. The molecule has 4 heteroatoms. The number of carbonyl (C=O) groups is 1. The average Bonchev–Trinajstić information content (AvgIpc) is 2.40. The highest BCUT2D eigenvalue weighted by Crippen LogP contribution is 2.12. The second-order valence-corrected chi connectivity index (χ2v) is 2.42. The van der Waals surface area contributed by atoms with Crippen LogP contribution in [0.15, 0.2) is 16.8 Å². The highest BCUT2D eigenvalue weighted by atomic mass is 16.2. The summed E-state index contributed by atoms with van der Waals surface area (Å²) in [5.74, 6) is 0.657. The van der Waals surface area contributed by atoms with Crippen molar-refractivity contribution in [2.45, 2.75) is 13.8 Å². The summed E-state index contributed by atoms with van der Waals surface area (Å²) >= 11 is 0. The summed E-state index contributed by atoms with van der Waals surface area (Å²) in [5.41, 5.74) is 0.866. The molecular weight excluding hydrogens is 154 g/mol. The van der Waals surface area contributed by atoms with Gasteiger partial charge in [-0.15, -0.1) is 0 Å². The van der Waals surface area contributed by atoms with Gasteiger partial charge in [0.2, 0.25) is 0 Å². The first-order valence-corrected chi connectivity index (χ1v) is 3.96. The fraction of sp³-hybridized carbons (Fsp3) is 0.500. The van der Waals surface area contributed by atoms with Crippen LogP contribution in [0.5, 0.6) is 0 Å². The maximum atomic E-state index is 11.2. The SMILES string of the molecule is C/C=C1\C(=NC)NC(=O)N1CC. The van der Waals surface area contributed by atoms with Gasteiger partial charge in [0, 0.05) is 13.6 Å². The van der Waals surface area contributed by atoms with Crippen molar-refractivity contribution in [1.29, 1.82) is 0 Å². The van der Waals surface area contributed by atoms with Crippen LogP contribution in [0, 0.1) is 0 Å². The monoisotopic (exact) mass is 167 g/mol. The molecule has 0 aromatic heterocycles. The summed E-state index contributed by atoms with van der Waals surface area (Å²) in [6, 6.07) is -0.0915. The number of urea groups is 1. The van der Waals surface area contributed by atoms with E-state index in [1.54, 1.807) is 11.9 Å². The number of allylic oxidation sites excluding steroid dienone is 1. The molecule has 12 heavy (non-hydrogen) atoms. The highest BCUT2D eigenvalue weighted by Gasteiger charge is 2.28. The standard InChI is InChI=1S/C8H13N3O/c1-4-6-7(9-3)10-8(12)11(6)5-2/h4H,5H2,1-3H3,(H,9,10,12)/b6-4+. The fourth-order valence-electron chi connectivity index (χ4n) is 1.25. The van der Waals surface area contributed by atoms with Crippen molar-refractivity contribution in [2.24, 2.45) is 4.99 Å². The lowest BCUT2D eigenvalue weighted by Gasteiger charge is -2.11. The largest absolute Gasteiger partial charge is 0.327 e. The lowest BCUT2D eigenvalue weighted by molar-refractivity contribution is 0.225. The van der Waals surface area contributed by atoms with Crippen LogP contribution >= 0.6 is 0 Å². The Morgan fingerprint density at radius 2 is 2.33 bits per heavy atom. The molecule has 1 saturated heterocycles. The molecular formula is C8H13N3O. The third-order valence-electron chi connectivity index (χ3n) is 1.82. The van der Waals surface area contributed by atoms with Gasteiger partial charge in [-0.25, -0.2) is 4.79 Å². The molecule has 0 radical (unpaired) electrons. The predicted octanol–water partition coefficient (Wildman–Crippen LogP) is 0.964. The Hall–Kier alpha value is -1.32. The minimum Gasteiger partial charge on any atom is -0.291 e. The molecule has 1 fully saturated rings. The van der Waals surface area contributed by atoms with E-state index in [9.17, 15) is 4.79 Å². The van der Waals surface area contributed by atoms with E-state index in [1.807, 2.05) is 19.9 Å². The Bertz CT molecular complexity index is 255. The molecule has 0 aliphatic carbocycles. The van der Waals surface area contributed by atoms with Crippen LogP contribution in [0.3, 0.4) is 0 Å². The van der Waals surface area contributed by atoms with Crippen LogP contribution in [0.1, 0.15) is 13.8 Å². The molecule has 66 valence electrons. The molecule has 0 saturated carbocycles. The molecule has 0 atom stereocenters. The van der Waals surface area contributed by atoms with Gasteiger partial charge in [0.15, 0.2) is 5.84 Å². The van der Waals surface area contributed by atoms with Crippen LogP contribution in [0.4, 0.5) is 4.79 Å². The average molecular weight is 167 g/mol. The van der Waals surface area contributed by atoms with E-state index in [0.717, 1.165) is 5.70 Å². The smallest absolute Gasteiger partial charge is 0.291 e. The Balaban J connectivity index is 2.99. The molecule has 0 aromatic carbocycles. The number of carbonyl (C=O) groups excluding carboxylic acids is 1. The molecule has 1 heterocycles. The molecule has 1 rings (SSSR count). The molecule has 1 aliphatic rings. The quantitative estimate of drug-likeness (QED) is 0.621. The Kier molecular flexibility index (Phi) is 2.47. The van der Waals surface area contributed by atoms with Gasteiger partial charge in [-0.2, -0.15) is 0 Å². The molecule has 1 N–H and O–H groups in total. The number of nitrogens with zero attached hydrogens (tertiary/aromatic N) is 2. The number of nitrogens with one attached hydrogen (secondary N) is 1. The Labute approximate surface area is 72.0 Å². The Morgan fingerprint density at radius 1 is 1.67 bits per heavy atom. The lowest BCUT2D eigenvalue weighted by Crippen LogP contribution is -2.27. The van der Waals surface area contributed by atoms with Gasteiger partial charge in [-0.1, -0.05) is 6.08 Å². The van der Waals surface area contributed by atoms with Gasteiger partial charge in [0.05, 0.1) is 5.70 Å². The van der Waals surface area contributed by atoms with E-state index >= 15 is 0 Å². The molecule has 0 spiro atoms. The number of amidine groups is 1. The summed E-state index contributed by atoms with van der Waals surface area (Å²) in [5, 5.41) is 2.67. The minimum absolute atomic E-state index is 0.0915. The van der Waals surface area contributed by atoms with Crippen LogP contribution in [0.2, 0.25) is 0 Å². The normalized spacial score (nSPS) is 23.9. The highest BCUT2D eigenvalue weighted by molar-refractivity contribution is 6.14. The van der Waals surface area contributed by atoms with Gasteiger partial charge < -0.3 is 0 Å². The maximum Gasteiger partial charge on any atom is 0.327 e. The van der Waals surface area contributed by atoms with Gasteiger partial charge in [-0.05, 0) is 13.8 Å². The maximum absolute atomic E-state index is 11.2. The van der Waals surface area contributed by atoms with Crippen molar-refractivity contribution in [2.75, 3.05) is 13.6 Å². The van der Waals surface area contributed by atoms with E-state index in [2.05, 4.69) is 10.3 Å². The molecule has 2 amide bonds.